The molecule has 130 valence electrons. The minimum absolute atomic E-state index is 0.0269. The third-order valence-corrected chi connectivity index (χ3v) is 4.84. The Bertz CT molecular complexity index is 792. The van der Waals surface area contributed by atoms with E-state index in [1.165, 1.54) is 0 Å². The molecule has 0 saturated heterocycles. The van der Waals surface area contributed by atoms with E-state index in [0.29, 0.717) is 29.5 Å². The van der Waals surface area contributed by atoms with Crippen molar-refractivity contribution in [3.8, 4) is 0 Å². The smallest absolute Gasteiger partial charge is 0.259 e. The molecule has 1 aliphatic rings. The second-order valence-corrected chi connectivity index (χ2v) is 7.19. The number of nitrogens with zero attached hydrogens (tertiary/aromatic N) is 2. The van der Waals surface area contributed by atoms with E-state index < -0.39 is 0 Å². The Balaban J connectivity index is 1.77. The molecule has 1 aromatic carbocycles. The Labute approximate surface area is 155 Å². The SMILES string of the molecule is CCN(C(=O)c1cccc(NC(=O)C2CC2C)c1)c1ccc(Br)cn1. The predicted octanol–water partition coefficient (Wildman–Crippen LogP) is 4.11. The molecule has 2 aromatic rings. The summed E-state index contributed by atoms with van der Waals surface area (Å²) in [7, 11) is 0. The van der Waals surface area contributed by atoms with Crippen LogP contribution in [0.4, 0.5) is 11.5 Å². The van der Waals surface area contributed by atoms with Crippen molar-refractivity contribution in [2.75, 3.05) is 16.8 Å². The number of amides is 2. The minimum atomic E-state index is -0.145. The highest BCUT2D eigenvalue weighted by Gasteiger charge is 2.39. The number of nitrogens with one attached hydrogen (secondary N) is 1. The molecule has 1 N–H and O–H groups in total. The lowest BCUT2D eigenvalue weighted by molar-refractivity contribution is -0.117. The molecule has 1 saturated carbocycles. The van der Waals surface area contributed by atoms with Crippen LogP contribution in [0.3, 0.4) is 0 Å². The molecule has 2 unspecified atom stereocenters. The van der Waals surface area contributed by atoms with Crippen LogP contribution in [-0.4, -0.2) is 23.3 Å². The van der Waals surface area contributed by atoms with E-state index >= 15 is 0 Å². The van der Waals surface area contributed by atoms with Crippen molar-refractivity contribution < 1.29 is 9.59 Å². The number of carbonyl (C=O) groups is 2. The van der Waals surface area contributed by atoms with Gasteiger partial charge in [0, 0.05) is 34.4 Å². The Hall–Kier alpha value is -2.21. The van der Waals surface area contributed by atoms with E-state index in [1.54, 1.807) is 41.4 Å². The van der Waals surface area contributed by atoms with Gasteiger partial charge in [0.25, 0.3) is 5.91 Å². The first-order valence-corrected chi connectivity index (χ1v) is 9.13. The van der Waals surface area contributed by atoms with E-state index in [0.717, 1.165) is 10.9 Å². The molecule has 2 atom stereocenters. The molecule has 3 rings (SSSR count). The normalized spacial score (nSPS) is 18.5. The van der Waals surface area contributed by atoms with Gasteiger partial charge >= 0.3 is 0 Å². The van der Waals surface area contributed by atoms with Gasteiger partial charge in [-0.3, -0.25) is 14.5 Å². The maximum atomic E-state index is 12.9. The van der Waals surface area contributed by atoms with Gasteiger partial charge < -0.3 is 5.32 Å². The van der Waals surface area contributed by atoms with Gasteiger partial charge in [0.05, 0.1) is 0 Å². The maximum Gasteiger partial charge on any atom is 0.259 e. The monoisotopic (exact) mass is 401 g/mol. The van der Waals surface area contributed by atoms with E-state index in [9.17, 15) is 9.59 Å². The van der Waals surface area contributed by atoms with Crippen molar-refractivity contribution >= 4 is 39.2 Å². The first-order chi connectivity index (χ1) is 12.0. The summed E-state index contributed by atoms with van der Waals surface area (Å²) in [5, 5.41) is 2.90. The van der Waals surface area contributed by atoms with Crippen LogP contribution < -0.4 is 10.2 Å². The summed E-state index contributed by atoms with van der Waals surface area (Å²) >= 11 is 3.35. The van der Waals surface area contributed by atoms with Crippen molar-refractivity contribution in [1.82, 2.24) is 4.98 Å². The molecular weight excluding hydrogens is 382 g/mol. The van der Waals surface area contributed by atoms with Gasteiger partial charge in [0.15, 0.2) is 0 Å². The van der Waals surface area contributed by atoms with Crippen LogP contribution in [0.25, 0.3) is 0 Å². The second kappa shape index (κ2) is 7.35. The zero-order chi connectivity index (χ0) is 18.0. The van der Waals surface area contributed by atoms with E-state index in [1.807, 2.05) is 13.0 Å². The molecule has 0 spiro atoms. The number of benzene rings is 1. The first-order valence-electron chi connectivity index (χ1n) is 8.34. The summed E-state index contributed by atoms with van der Waals surface area (Å²) in [6.07, 6.45) is 2.60. The van der Waals surface area contributed by atoms with Gasteiger partial charge in [-0.15, -0.1) is 0 Å². The summed E-state index contributed by atoms with van der Waals surface area (Å²) in [5.41, 5.74) is 1.17. The van der Waals surface area contributed by atoms with Gasteiger partial charge in [-0.1, -0.05) is 13.0 Å². The maximum absolute atomic E-state index is 12.9. The summed E-state index contributed by atoms with van der Waals surface area (Å²) in [5.74, 6) is 1.02. The highest BCUT2D eigenvalue weighted by atomic mass is 79.9. The standard InChI is InChI=1S/C19H20BrN3O2/c1-3-23(17-8-7-14(20)11-21-17)19(25)13-5-4-6-15(10-13)22-18(24)16-9-12(16)2/h4-8,10-12,16H,3,9H2,1-2H3,(H,22,24). The molecule has 1 aromatic heterocycles. The van der Waals surface area contributed by atoms with Gasteiger partial charge in [0.2, 0.25) is 5.91 Å². The molecule has 0 aliphatic heterocycles. The first kappa shape index (κ1) is 17.6. The Morgan fingerprint density at radius 3 is 2.68 bits per heavy atom. The Kier molecular flexibility index (Phi) is 5.18. The number of carbonyl (C=O) groups excluding carboxylic acids is 2. The third-order valence-electron chi connectivity index (χ3n) is 4.37. The molecular formula is C19H20BrN3O2. The highest BCUT2D eigenvalue weighted by molar-refractivity contribution is 9.10. The molecule has 1 heterocycles. The van der Waals surface area contributed by atoms with Crippen molar-refractivity contribution in [3.05, 3.63) is 52.6 Å². The summed E-state index contributed by atoms with van der Waals surface area (Å²) in [6.45, 7) is 4.47. The lowest BCUT2D eigenvalue weighted by Gasteiger charge is -2.20. The Morgan fingerprint density at radius 1 is 1.32 bits per heavy atom. The predicted molar refractivity (Wildman–Crippen MR) is 102 cm³/mol. The fraction of sp³-hybridized carbons (Fsp3) is 0.316. The molecule has 6 heteroatoms. The van der Waals surface area contributed by atoms with E-state index in [-0.39, 0.29) is 17.7 Å². The topological polar surface area (TPSA) is 62.3 Å². The van der Waals surface area contributed by atoms with Crippen LogP contribution in [0.5, 0.6) is 0 Å². The van der Waals surface area contributed by atoms with Crippen LogP contribution in [0.2, 0.25) is 0 Å². The van der Waals surface area contributed by atoms with E-state index in [2.05, 4.69) is 33.2 Å². The number of hydrogen-bond donors (Lipinski definition) is 1. The number of pyridine rings is 1. The molecule has 25 heavy (non-hydrogen) atoms. The van der Waals surface area contributed by atoms with Gasteiger partial charge in [-0.2, -0.15) is 0 Å². The summed E-state index contributed by atoms with van der Waals surface area (Å²) < 4.78 is 0.860. The minimum Gasteiger partial charge on any atom is -0.326 e. The highest BCUT2D eigenvalue weighted by Crippen LogP contribution is 2.38. The van der Waals surface area contributed by atoms with Crippen LogP contribution in [0.1, 0.15) is 30.6 Å². The molecule has 0 radical (unpaired) electrons. The zero-order valence-corrected chi connectivity index (χ0v) is 15.8. The van der Waals surface area contributed by atoms with Crippen LogP contribution in [0, 0.1) is 11.8 Å². The lowest BCUT2D eigenvalue weighted by atomic mass is 10.1. The lowest BCUT2D eigenvalue weighted by Crippen LogP contribution is -2.31. The molecule has 1 fully saturated rings. The summed E-state index contributed by atoms with van der Waals surface area (Å²) in [4.78, 5) is 30.9. The van der Waals surface area contributed by atoms with Crippen LogP contribution in [-0.2, 0) is 4.79 Å². The van der Waals surface area contributed by atoms with Crippen molar-refractivity contribution in [3.63, 3.8) is 0 Å². The zero-order valence-electron chi connectivity index (χ0n) is 14.2. The number of anilines is 2. The third kappa shape index (κ3) is 4.07. The van der Waals surface area contributed by atoms with Crippen molar-refractivity contribution in [1.29, 1.82) is 0 Å². The molecule has 0 bridgehead atoms. The quantitative estimate of drug-likeness (QED) is 0.819. The molecule has 5 nitrogen and oxygen atoms in total. The van der Waals surface area contributed by atoms with Crippen LogP contribution >= 0.6 is 15.9 Å². The fourth-order valence-corrected chi connectivity index (χ4v) is 2.98. The van der Waals surface area contributed by atoms with Gasteiger partial charge in [0.1, 0.15) is 5.82 Å². The van der Waals surface area contributed by atoms with Gasteiger partial charge in [-0.05, 0) is 65.5 Å². The number of hydrogen-bond acceptors (Lipinski definition) is 3. The molecule has 1 aliphatic carbocycles. The Morgan fingerprint density at radius 2 is 2.08 bits per heavy atom. The van der Waals surface area contributed by atoms with Gasteiger partial charge in [-0.25, -0.2) is 4.98 Å². The second-order valence-electron chi connectivity index (χ2n) is 6.27. The van der Waals surface area contributed by atoms with Crippen molar-refractivity contribution in [2.45, 2.75) is 20.3 Å². The largest absolute Gasteiger partial charge is 0.326 e. The van der Waals surface area contributed by atoms with Crippen LogP contribution in [0.15, 0.2) is 47.1 Å². The fourth-order valence-electron chi connectivity index (χ4n) is 2.75. The average molecular weight is 402 g/mol. The number of halogens is 1. The molecule has 2 amide bonds. The summed E-state index contributed by atoms with van der Waals surface area (Å²) in [6, 6.07) is 10.7. The van der Waals surface area contributed by atoms with E-state index in [4.69, 9.17) is 0 Å². The number of rotatable bonds is 5. The number of aromatic nitrogens is 1. The van der Waals surface area contributed by atoms with Crippen molar-refractivity contribution in [2.24, 2.45) is 11.8 Å². The average Bonchev–Trinajstić information content (AvgIpc) is 3.34.